The Hall–Kier alpha value is -2.12. The number of carbonyl (C=O) groups is 1. The van der Waals surface area contributed by atoms with E-state index in [1.54, 1.807) is 18.3 Å². The number of ether oxygens (including phenoxy) is 2. The minimum Gasteiger partial charge on any atom is -0.465 e. The highest BCUT2D eigenvalue weighted by molar-refractivity contribution is 7.15. The van der Waals surface area contributed by atoms with Crippen molar-refractivity contribution < 1.29 is 14.3 Å². The quantitative estimate of drug-likeness (QED) is 0.751. The number of fused-ring (bicyclic) bond motifs is 1. The lowest BCUT2D eigenvalue weighted by molar-refractivity contribution is 0.0606. The van der Waals surface area contributed by atoms with Gasteiger partial charge >= 0.3 is 5.97 Å². The fourth-order valence-corrected chi connectivity index (χ4v) is 2.69. The number of carbonyl (C=O) groups excluding carboxylic acids is 1. The molecule has 6 nitrogen and oxygen atoms in total. The molecule has 0 atom stereocenters. The van der Waals surface area contributed by atoms with E-state index in [4.69, 9.17) is 16.3 Å². The second kappa shape index (κ2) is 5.10. The van der Waals surface area contributed by atoms with Crippen molar-refractivity contribution in [3.8, 4) is 10.9 Å². The van der Waals surface area contributed by atoms with Crippen LogP contribution in [0.5, 0.6) is 10.9 Å². The summed E-state index contributed by atoms with van der Waals surface area (Å²) in [6, 6.07) is 5.44. The summed E-state index contributed by atoms with van der Waals surface area (Å²) in [6.07, 6.45) is 1.72. The van der Waals surface area contributed by atoms with Gasteiger partial charge in [-0.2, -0.15) is 10.1 Å². The van der Waals surface area contributed by atoms with E-state index in [0.29, 0.717) is 5.75 Å². The predicted molar refractivity (Wildman–Crippen MR) is 74.6 cm³/mol. The molecule has 0 aliphatic carbocycles. The van der Waals surface area contributed by atoms with E-state index in [2.05, 4.69) is 19.9 Å². The smallest absolute Gasteiger partial charge is 0.351 e. The van der Waals surface area contributed by atoms with Crippen LogP contribution in [-0.4, -0.2) is 28.3 Å². The number of nitrogens with one attached hydrogen (secondary N) is 1. The van der Waals surface area contributed by atoms with Crippen LogP contribution in [0.15, 0.2) is 24.4 Å². The molecule has 0 spiro atoms. The van der Waals surface area contributed by atoms with Crippen LogP contribution in [-0.2, 0) is 4.74 Å². The Labute approximate surface area is 122 Å². The molecule has 0 radical (unpaired) electrons. The SMILES string of the molecule is COC(=O)c1sc(Oc2ccc3cn[nH]c3c2)nc1Cl. The average Bonchev–Trinajstić information content (AvgIpc) is 3.04. The molecule has 0 amide bonds. The monoisotopic (exact) mass is 309 g/mol. The predicted octanol–water partition coefficient (Wildman–Crippen LogP) is 3.25. The van der Waals surface area contributed by atoms with Crippen LogP contribution < -0.4 is 4.74 Å². The lowest BCUT2D eigenvalue weighted by Gasteiger charge is -2.00. The van der Waals surface area contributed by atoms with Crippen LogP contribution >= 0.6 is 22.9 Å². The molecular weight excluding hydrogens is 302 g/mol. The molecule has 20 heavy (non-hydrogen) atoms. The molecule has 3 rings (SSSR count). The molecule has 2 heterocycles. The highest BCUT2D eigenvalue weighted by Gasteiger charge is 2.18. The molecule has 0 saturated heterocycles. The minimum absolute atomic E-state index is 0.0690. The third kappa shape index (κ3) is 2.33. The van der Waals surface area contributed by atoms with Crippen LogP contribution in [0, 0.1) is 0 Å². The van der Waals surface area contributed by atoms with Crippen molar-refractivity contribution in [1.29, 1.82) is 0 Å². The van der Waals surface area contributed by atoms with Gasteiger partial charge < -0.3 is 9.47 Å². The number of esters is 1. The lowest BCUT2D eigenvalue weighted by atomic mass is 10.2. The number of benzene rings is 1. The zero-order chi connectivity index (χ0) is 14.1. The molecule has 0 bridgehead atoms. The number of hydrogen-bond acceptors (Lipinski definition) is 6. The van der Waals surface area contributed by atoms with Gasteiger partial charge in [0.2, 0.25) is 0 Å². The molecule has 8 heteroatoms. The molecule has 1 aromatic carbocycles. The van der Waals surface area contributed by atoms with Gasteiger partial charge in [0, 0.05) is 11.5 Å². The van der Waals surface area contributed by atoms with E-state index in [1.807, 2.05) is 6.07 Å². The third-order valence-corrected chi connectivity index (χ3v) is 3.85. The molecule has 0 unspecified atom stereocenters. The highest BCUT2D eigenvalue weighted by atomic mass is 35.5. The van der Waals surface area contributed by atoms with Gasteiger partial charge in [-0.25, -0.2) is 4.79 Å². The second-order valence-electron chi connectivity index (χ2n) is 3.81. The maximum absolute atomic E-state index is 11.4. The van der Waals surface area contributed by atoms with Crippen LogP contribution in [0.2, 0.25) is 5.15 Å². The van der Waals surface area contributed by atoms with Gasteiger partial charge in [0.1, 0.15) is 5.75 Å². The van der Waals surface area contributed by atoms with Gasteiger partial charge in [-0.15, -0.1) is 0 Å². The number of rotatable bonds is 3. The van der Waals surface area contributed by atoms with E-state index in [-0.39, 0.29) is 15.2 Å². The Morgan fingerprint density at radius 3 is 3.10 bits per heavy atom. The summed E-state index contributed by atoms with van der Waals surface area (Å²) in [5.41, 5.74) is 0.846. The summed E-state index contributed by atoms with van der Waals surface area (Å²) in [5, 5.41) is 8.09. The number of halogens is 1. The number of thiazole rings is 1. The van der Waals surface area contributed by atoms with Gasteiger partial charge in [-0.3, -0.25) is 5.10 Å². The molecule has 0 aliphatic rings. The van der Waals surface area contributed by atoms with Crippen molar-refractivity contribution in [3.63, 3.8) is 0 Å². The summed E-state index contributed by atoms with van der Waals surface area (Å²) in [7, 11) is 1.28. The first-order valence-electron chi connectivity index (χ1n) is 5.53. The normalized spacial score (nSPS) is 10.7. The van der Waals surface area contributed by atoms with Crippen LogP contribution in [0.4, 0.5) is 0 Å². The summed E-state index contributed by atoms with van der Waals surface area (Å²) in [6.45, 7) is 0. The van der Waals surface area contributed by atoms with E-state index < -0.39 is 5.97 Å². The molecule has 102 valence electrons. The highest BCUT2D eigenvalue weighted by Crippen LogP contribution is 2.33. The third-order valence-electron chi connectivity index (χ3n) is 2.56. The second-order valence-corrected chi connectivity index (χ2v) is 5.13. The van der Waals surface area contributed by atoms with E-state index in [1.165, 1.54) is 7.11 Å². The number of nitrogens with zero attached hydrogens (tertiary/aromatic N) is 2. The Morgan fingerprint density at radius 2 is 2.30 bits per heavy atom. The van der Waals surface area contributed by atoms with Crippen molar-refractivity contribution in [2.75, 3.05) is 7.11 Å². The zero-order valence-corrected chi connectivity index (χ0v) is 11.8. The fraction of sp³-hybridized carbons (Fsp3) is 0.0833. The number of hydrogen-bond donors (Lipinski definition) is 1. The van der Waals surface area contributed by atoms with E-state index in [0.717, 1.165) is 22.2 Å². The Morgan fingerprint density at radius 1 is 1.45 bits per heavy atom. The van der Waals surface area contributed by atoms with E-state index >= 15 is 0 Å². The minimum atomic E-state index is -0.536. The van der Waals surface area contributed by atoms with Gasteiger partial charge in [-0.1, -0.05) is 22.9 Å². The zero-order valence-electron chi connectivity index (χ0n) is 10.2. The van der Waals surface area contributed by atoms with Gasteiger partial charge in [0.15, 0.2) is 10.0 Å². The maximum atomic E-state index is 11.4. The van der Waals surface area contributed by atoms with Crippen molar-refractivity contribution in [2.45, 2.75) is 0 Å². The van der Waals surface area contributed by atoms with Crippen molar-refractivity contribution in [1.82, 2.24) is 15.2 Å². The molecule has 2 aromatic heterocycles. The molecule has 0 fully saturated rings. The molecule has 1 N–H and O–H groups in total. The molecular formula is C12H8ClN3O3S. The first kappa shape index (κ1) is 12.9. The first-order chi connectivity index (χ1) is 9.67. The summed E-state index contributed by atoms with van der Waals surface area (Å²) >= 11 is 6.89. The summed E-state index contributed by atoms with van der Waals surface area (Å²) in [5.74, 6) is 0.0370. The Balaban J connectivity index is 1.88. The van der Waals surface area contributed by atoms with Gasteiger partial charge in [0.05, 0.1) is 18.8 Å². The van der Waals surface area contributed by atoms with Crippen molar-refractivity contribution in [2.24, 2.45) is 0 Å². The fourth-order valence-electron chi connectivity index (χ4n) is 1.63. The summed E-state index contributed by atoms with van der Waals surface area (Å²) in [4.78, 5) is 15.6. The number of methoxy groups -OCH3 is 1. The van der Waals surface area contributed by atoms with E-state index in [9.17, 15) is 4.79 Å². The standard InChI is InChI=1S/C12H8ClN3O3S/c1-18-11(17)9-10(13)15-12(20-9)19-7-3-2-6-5-14-16-8(6)4-7/h2-5H,1H3,(H,14,16). The van der Waals surface area contributed by atoms with Crippen LogP contribution in [0.25, 0.3) is 10.9 Å². The maximum Gasteiger partial charge on any atom is 0.351 e. The Kier molecular flexibility index (Phi) is 3.29. The molecule has 0 aliphatic heterocycles. The van der Waals surface area contributed by atoms with Crippen molar-refractivity contribution in [3.05, 3.63) is 34.4 Å². The molecule has 0 saturated carbocycles. The lowest BCUT2D eigenvalue weighted by Crippen LogP contribution is -1.98. The van der Waals surface area contributed by atoms with Gasteiger partial charge in [0.25, 0.3) is 5.19 Å². The van der Waals surface area contributed by atoms with Crippen molar-refractivity contribution >= 4 is 39.8 Å². The van der Waals surface area contributed by atoms with Gasteiger partial charge in [-0.05, 0) is 12.1 Å². The topological polar surface area (TPSA) is 77.1 Å². The van der Waals surface area contributed by atoms with Crippen LogP contribution in [0.1, 0.15) is 9.67 Å². The number of H-pyrrole nitrogens is 1. The molecule has 3 aromatic rings. The summed E-state index contributed by atoms with van der Waals surface area (Å²) < 4.78 is 10.2. The largest absolute Gasteiger partial charge is 0.465 e. The Bertz CT molecular complexity index is 783. The number of aromatic amines is 1. The van der Waals surface area contributed by atoms with Crippen LogP contribution in [0.3, 0.4) is 0 Å². The number of aromatic nitrogens is 3. The average molecular weight is 310 g/mol. The first-order valence-corrected chi connectivity index (χ1v) is 6.72.